The van der Waals surface area contributed by atoms with Crippen molar-refractivity contribution in [1.29, 1.82) is 5.26 Å². The summed E-state index contributed by atoms with van der Waals surface area (Å²) in [5.74, 6) is -0.601. The van der Waals surface area contributed by atoms with Gasteiger partial charge in [0, 0.05) is 5.56 Å². The van der Waals surface area contributed by atoms with Gasteiger partial charge in [-0.1, -0.05) is 49.8 Å². The zero-order valence-corrected chi connectivity index (χ0v) is 17.1. The third-order valence-electron chi connectivity index (χ3n) is 6.16. The number of esters is 1. The van der Waals surface area contributed by atoms with Gasteiger partial charge in [0.05, 0.1) is 5.92 Å². The van der Waals surface area contributed by atoms with Crippen LogP contribution in [0.3, 0.4) is 0 Å². The van der Waals surface area contributed by atoms with Gasteiger partial charge in [0.1, 0.15) is 11.8 Å². The molecule has 3 atom stereocenters. The molecule has 4 nitrogen and oxygen atoms in total. The number of nitrogens with zero attached hydrogens (tertiary/aromatic N) is 1. The maximum Gasteiger partial charge on any atom is 0.311 e. The van der Waals surface area contributed by atoms with E-state index in [0.717, 1.165) is 12.8 Å². The Labute approximate surface area is 175 Å². The number of carbonyl (C=O) groups is 1. The molecule has 0 N–H and O–H groups in total. The van der Waals surface area contributed by atoms with Crippen molar-refractivity contribution in [2.45, 2.75) is 39.2 Å². The number of para-hydroxylation sites is 1. The van der Waals surface area contributed by atoms with Gasteiger partial charge in [0.2, 0.25) is 6.10 Å². The second-order valence-electron chi connectivity index (χ2n) is 8.55. The predicted molar refractivity (Wildman–Crippen MR) is 110 cm³/mol. The van der Waals surface area contributed by atoms with Gasteiger partial charge in [-0.05, 0) is 54.9 Å². The van der Waals surface area contributed by atoms with Crippen LogP contribution in [0.25, 0.3) is 0 Å². The van der Waals surface area contributed by atoms with Crippen LogP contribution in [0, 0.1) is 34.4 Å². The van der Waals surface area contributed by atoms with Crippen LogP contribution in [0.15, 0.2) is 60.2 Å². The first-order valence-corrected chi connectivity index (χ1v) is 10.2. The number of rotatable bonds is 6. The molecule has 0 aromatic heterocycles. The van der Waals surface area contributed by atoms with E-state index in [1.54, 1.807) is 24.3 Å². The fraction of sp³-hybridized carbons (Fsp3) is 0.360. The minimum Gasteiger partial charge on any atom is -0.454 e. The summed E-state index contributed by atoms with van der Waals surface area (Å²) in [5.41, 5.74) is 1.61. The van der Waals surface area contributed by atoms with E-state index in [2.05, 4.69) is 6.08 Å². The van der Waals surface area contributed by atoms with E-state index in [1.165, 1.54) is 30.2 Å². The van der Waals surface area contributed by atoms with E-state index < -0.39 is 11.9 Å². The van der Waals surface area contributed by atoms with Crippen molar-refractivity contribution in [2.75, 3.05) is 0 Å². The SMILES string of the molecule is CC1(C)[C@H](C(=O)O[C@H](C#N)c2ccc(F)c(Oc3ccccc3)c2)[C@@H]1C=C1CCC1. The van der Waals surface area contributed by atoms with Gasteiger partial charge < -0.3 is 9.47 Å². The van der Waals surface area contributed by atoms with E-state index in [4.69, 9.17) is 9.47 Å². The summed E-state index contributed by atoms with van der Waals surface area (Å²) < 4.78 is 25.4. The quantitative estimate of drug-likeness (QED) is 0.430. The first-order valence-electron chi connectivity index (χ1n) is 10.2. The topological polar surface area (TPSA) is 59.3 Å². The number of hydrogen-bond donors (Lipinski definition) is 0. The third kappa shape index (κ3) is 3.95. The number of nitriles is 1. The Morgan fingerprint density at radius 3 is 2.60 bits per heavy atom. The lowest BCUT2D eigenvalue weighted by Gasteiger charge is -2.16. The van der Waals surface area contributed by atoms with Gasteiger partial charge in [0.25, 0.3) is 0 Å². The highest BCUT2D eigenvalue weighted by molar-refractivity contribution is 5.78. The lowest BCUT2D eigenvalue weighted by atomic mass is 9.90. The number of allylic oxidation sites excluding steroid dienone is 2. The zero-order valence-electron chi connectivity index (χ0n) is 17.1. The molecule has 0 spiro atoms. The number of halogens is 1. The Balaban J connectivity index is 1.48. The van der Waals surface area contributed by atoms with Crippen molar-refractivity contribution in [1.82, 2.24) is 0 Å². The Bertz CT molecular complexity index is 1020. The molecule has 5 heteroatoms. The van der Waals surface area contributed by atoms with Crippen LogP contribution in [-0.4, -0.2) is 5.97 Å². The van der Waals surface area contributed by atoms with Crippen molar-refractivity contribution in [2.24, 2.45) is 17.3 Å². The smallest absolute Gasteiger partial charge is 0.311 e. The highest BCUT2D eigenvalue weighted by Gasteiger charge is 2.61. The minimum atomic E-state index is -1.12. The molecule has 30 heavy (non-hydrogen) atoms. The first-order chi connectivity index (χ1) is 14.4. The van der Waals surface area contributed by atoms with Gasteiger partial charge in [-0.25, -0.2) is 4.39 Å². The second-order valence-corrected chi connectivity index (χ2v) is 8.55. The molecule has 0 amide bonds. The number of carbonyl (C=O) groups excluding carboxylic acids is 1. The Morgan fingerprint density at radius 2 is 1.97 bits per heavy atom. The van der Waals surface area contributed by atoms with Crippen molar-refractivity contribution in [3.05, 3.63) is 71.6 Å². The standard InChI is InChI=1S/C25H24FNO3/c1-25(2)19(13-16-7-6-8-16)23(25)24(28)30-22(15-27)17-11-12-20(26)21(14-17)29-18-9-4-3-5-10-18/h3-5,9-14,19,22-23H,6-8H2,1-2H3/t19-,22+,23-/m0/s1. The van der Waals surface area contributed by atoms with Crippen LogP contribution in [-0.2, 0) is 9.53 Å². The molecule has 2 aliphatic rings. The predicted octanol–water partition coefficient (Wildman–Crippen LogP) is 6.11. The average molecular weight is 405 g/mol. The molecule has 2 aromatic rings. The molecule has 0 aliphatic heterocycles. The number of ether oxygens (including phenoxy) is 2. The zero-order chi connectivity index (χ0) is 21.3. The largest absolute Gasteiger partial charge is 0.454 e. The van der Waals surface area contributed by atoms with Crippen LogP contribution in [0.2, 0.25) is 0 Å². The molecule has 0 heterocycles. The highest BCUT2D eigenvalue weighted by Crippen LogP contribution is 2.60. The molecule has 154 valence electrons. The average Bonchev–Trinajstić information content (AvgIpc) is 3.25. The summed E-state index contributed by atoms with van der Waals surface area (Å²) in [6.07, 6.45) is 4.51. The molecule has 0 unspecified atom stereocenters. The fourth-order valence-electron chi connectivity index (χ4n) is 3.98. The van der Waals surface area contributed by atoms with Crippen molar-refractivity contribution in [3.8, 4) is 17.6 Å². The molecule has 0 bridgehead atoms. The van der Waals surface area contributed by atoms with E-state index in [-0.39, 0.29) is 29.0 Å². The first kappa shape index (κ1) is 20.2. The number of benzene rings is 2. The Kier molecular flexibility index (Phi) is 5.34. The summed E-state index contributed by atoms with van der Waals surface area (Å²) in [6.45, 7) is 4.09. The minimum absolute atomic E-state index is 0.0191. The van der Waals surface area contributed by atoms with E-state index in [1.807, 2.05) is 26.0 Å². The molecule has 2 aromatic carbocycles. The van der Waals surface area contributed by atoms with Gasteiger partial charge in [-0.3, -0.25) is 4.79 Å². The highest BCUT2D eigenvalue weighted by atomic mass is 19.1. The molecule has 0 saturated heterocycles. The Morgan fingerprint density at radius 1 is 1.23 bits per heavy atom. The van der Waals surface area contributed by atoms with Crippen LogP contribution >= 0.6 is 0 Å². The van der Waals surface area contributed by atoms with E-state index in [9.17, 15) is 14.4 Å². The molecule has 0 radical (unpaired) electrons. The van der Waals surface area contributed by atoms with Gasteiger partial charge in [0.15, 0.2) is 11.6 Å². The van der Waals surface area contributed by atoms with Crippen LogP contribution in [0.5, 0.6) is 11.5 Å². The molecule has 2 aliphatic carbocycles. The van der Waals surface area contributed by atoms with Crippen LogP contribution < -0.4 is 4.74 Å². The molecule has 2 saturated carbocycles. The lowest BCUT2D eigenvalue weighted by Crippen LogP contribution is -2.14. The summed E-state index contributed by atoms with van der Waals surface area (Å²) in [5, 5.41) is 9.60. The molecular weight excluding hydrogens is 381 g/mol. The maximum atomic E-state index is 14.2. The monoisotopic (exact) mass is 405 g/mol. The van der Waals surface area contributed by atoms with Crippen molar-refractivity contribution >= 4 is 5.97 Å². The van der Waals surface area contributed by atoms with Crippen LogP contribution in [0.1, 0.15) is 44.8 Å². The van der Waals surface area contributed by atoms with E-state index >= 15 is 0 Å². The Hall–Kier alpha value is -3.13. The lowest BCUT2D eigenvalue weighted by molar-refractivity contribution is -0.149. The summed E-state index contributed by atoms with van der Waals surface area (Å²) >= 11 is 0. The molecule has 2 fully saturated rings. The summed E-state index contributed by atoms with van der Waals surface area (Å²) in [4.78, 5) is 12.8. The van der Waals surface area contributed by atoms with Crippen molar-refractivity contribution < 1.29 is 18.7 Å². The molecular formula is C25H24FNO3. The number of hydrogen-bond acceptors (Lipinski definition) is 4. The van der Waals surface area contributed by atoms with Gasteiger partial charge in [-0.15, -0.1) is 0 Å². The van der Waals surface area contributed by atoms with Gasteiger partial charge in [-0.2, -0.15) is 5.26 Å². The maximum absolute atomic E-state index is 14.2. The van der Waals surface area contributed by atoms with Crippen molar-refractivity contribution in [3.63, 3.8) is 0 Å². The summed E-state index contributed by atoms with van der Waals surface area (Å²) in [7, 11) is 0. The normalized spacial score (nSPS) is 22.3. The fourth-order valence-corrected chi connectivity index (χ4v) is 3.98. The second kappa shape index (κ2) is 7.95. The third-order valence-corrected chi connectivity index (χ3v) is 6.16. The van der Waals surface area contributed by atoms with Crippen LogP contribution in [0.4, 0.5) is 4.39 Å². The van der Waals surface area contributed by atoms with E-state index in [0.29, 0.717) is 11.3 Å². The molecule has 4 rings (SSSR count). The summed E-state index contributed by atoms with van der Waals surface area (Å²) in [6, 6.07) is 14.9. The van der Waals surface area contributed by atoms with Gasteiger partial charge >= 0.3 is 5.97 Å².